The summed E-state index contributed by atoms with van der Waals surface area (Å²) in [5, 5.41) is 0. The van der Waals surface area contributed by atoms with Crippen LogP contribution in [0.3, 0.4) is 0 Å². The van der Waals surface area contributed by atoms with Crippen LogP contribution in [-0.4, -0.2) is 74.1 Å². The van der Waals surface area contributed by atoms with Gasteiger partial charge in [0.1, 0.15) is 0 Å². The van der Waals surface area contributed by atoms with Crippen molar-refractivity contribution in [1.82, 2.24) is 9.80 Å². The fraction of sp³-hybridized carbons (Fsp3) is 1.00. The molecule has 2 unspecified atom stereocenters. The molecule has 5 heteroatoms. The van der Waals surface area contributed by atoms with E-state index in [1.807, 2.05) is 0 Å². The Hall–Kier alpha value is -0.200. The van der Waals surface area contributed by atoms with Gasteiger partial charge in [-0.05, 0) is 33.0 Å². The van der Waals surface area contributed by atoms with Crippen molar-refractivity contribution in [2.75, 3.05) is 46.4 Å². The van der Waals surface area contributed by atoms with Crippen LogP contribution in [0, 0.1) is 0 Å². The Morgan fingerprint density at radius 2 is 1.89 bits per heavy atom. The third kappa shape index (κ3) is 2.95. The van der Waals surface area contributed by atoms with E-state index in [0.717, 1.165) is 52.1 Å². The van der Waals surface area contributed by atoms with Crippen LogP contribution in [0.25, 0.3) is 0 Å². The molecule has 3 rings (SSSR count). The summed E-state index contributed by atoms with van der Waals surface area (Å²) >= 11 is 0. The molecule has 0 bridgehead atoms. The van der Waals surface area contributed by atoms with E-state index < -0.39 is 0 Å². The van der Waals surface area contributed by atoms with Gasteiger partial charge < -0.3 is 20.1 Å². The zero-order chi connectivity index (χ0) is 13.3. The summed E-state index contributed by atoms with van der Waals surface area (Å²) < 4.78 is 11.8. The van der Waals surface area contributed by atoms with E-state index in [9.17, 15) is 0 Å². The van der Waals surface area contributed by atoms with E-state index in [4.69, 9.17) is 15.2 Å². The summed E-state index contributed by atoms with van der Waals surface area (Å²) in [7, 11) is 2.20. The van der Waals surface area contributed by atoms with Crippen LogP contribution in [0.2, 0.25) is 0 Å². The van der Waals surface area contributed by atoms with Crippen LogP contribution in [0.4, 0.5) is 0 Å². The van der Waals surface area contributed by atoms with E-state index in [0.29, 0.717) is 6.04 Å². The van der Waals surface area contributed by atoms with E-state index in [1.165, 1.54) is 13.0 Å². The minimum Gasteiger partial charge on any atom is -0.347 e. The molecule has 2 aliphatic heterocycles. The van der Waals surface area contributed by atoms with Gasteiger partial charge in [-0.15, -0.1) is 0 Å². The molecule has 1 saturated carbocycles. The van der Waals surface area contributed by atoms with Crippen LogP contribution in [-0.2, 0) is 9.47 Å². The highest BCUT2D eigenvalue weighted by molar-refractivity contribution is 4.95. The van der Waals surface area contributed by atoms with Crippen LogP contribution in [0.5, 0.6) is 0 Å². The minimum absolute atomic E-state index is 0.266. The average molecular weight is 269 g/mol. The van der Waals surface area contributed by atoms with E-state index in [2.05, 4.69) is 16.8 Å². The quantitative estimate of drug-likeness (QED) is 0.739. The second-order valence-electron chi connectivity index (χ2n) is 6.27. The van der Waals surface area contributed by atoms with Crippen LogP contribution in [0.15, 0.2) is 0 Å². The minimum atomic E-state index is -0.321. The molecule has 2 heterocycles. The molecule has 19 heavy (non-hydrogen) atoms. The van der Waals surface area contributed by atoms with Crippen molar-refractivity contribution in [2.45, 2.75) is 43.6 Å². The molecule has 2 atom stereocenters. The standard InChI is InChI=1S/C14H27N3O2/c1-16-5-2-6-17(8-7-16)13-11-14(4-3-12(13)15)18-9-10-19-14/h12-13H,2-11,15H2,1H3. The summed E-state index contributed by atoms with van der Waals surface area (Å²) in [5.74, 6) is -0.321. The topological polar surface area (TPSA) is 51.0 Å². The molecule has 1 spiro atoms. The second-order valence-corrected chi connectivity index (χ2v) is 6.27. The largest absolute Gasteiger partial charge is 0.347 e. The van der Waals surface area contributed by atoms with Gasteiger partial charge in [0.25, 0.3) is 0 Å². The first-order valence-electron chi connectivity index (χ1n) is 7.65. The molecule has 110 valence electrons. The molecule has 3 fully saturated rings. The first-order chi connectivity index (χ1) is 9.19. The zero-order valence-corrected chi connectivity index (χ0v) is 12.0. The third-order valence-corrected chi connectivity index (χ3v) is 4.91. The van der Waals surface area contributed by atoms with Gasteiger partial charge in [0, 0.05) is 38.0 Å². The molecule has 1 aliphatic carbocycles. The number of nitrogens with two attached hydrogens (primary N) is 1. The molecule has 0 radical (unpaired) electrons. The highest BCUT2D eigenvalue weighted by Gasteiger charge is 2.45. The van der Waals surface area contributed by atoms with Gasteiger partial charge in [-0.3, -0.25) is 4.90 Å². The SMILES string of the molecule is CN1CCCN(C2CC3(CCC2N)OCCO3)CC1. The number of rotatable bonds is 1. The lowest BCUT2D eigenvalue weighted by Gasteiger charge is -2.44. The van der Waals surface area contributed by atoms with E-state index >= 15 is 0 Å². The van der Waals surface area contributed by atoms with Gasteiger partial charge in [-0.1, -0.05) is 0 Å². The van der Waals surface area contributed by atoms with Crippen molar-refractivity contribution in [2.24, 2.45) is 5.73 Å². The Morgan fingerprint density at radius 3 is 2.68 bits per heavy atom. The molecule has 0 aromatic carbocycles. The number of ether oxygens (including phenoxy) is 2. The maximum Gasteiger partial charge on any atom is 0.170 e. The van der Waals surface area contributed by atoms with Crippen molar-refractivity contribution in [3.63, 3.8) is 0 Å². The Morgan fingerprint density at radius 1 is 1.11 bits per heavy atom. The number of hydrogen-bond donors (Lipinski definition) is 1. The Kier molecular flexibility index (Phi) is 4.10. The summed E-state index contributed by atoms with van der Waals surface area (Å²) in [6.45, 7) is 6.08. The molecular weight excluding hydrogens is 242 g/mol. The predicted octanol–water partition coefficient (Wildman–Crippen LogP) is 0.247. The number of likely N-dealkylation sites (N-methyl/N-ethyl adjacent to an activating group) is 1. The summed E-state index contributed by atoms with van der Waals surface area (Å²) in [6.07, 6.45) is 4.14. The molecule has 3 aliphatic rings. The van der Waals surface area contributed by atoms with Crippen molar-refractivity contribution in [3.8, 4) is 0 Å². The second kappa shape index (κ2) is 5.66. The Labute approximate surface area is 116 Å². The Bertz CT molecular complexity index is 307. The van der Waals surface area contributed by atoms with Gasteiger partial charge >= 0.3 is 0 Å². The van der Waals surface area contributed by atoms with Gasteiger partial charge in [0.15, 0.2) is 5.79 Å². The lowest BCUT2D eigenvalue weighted by Crippen LogP contribution is -2.57. The highest BCUT2D eigenvalue weighted by atomic mass is 16.7. The zero-order valence-electron chi connectivity index (χ0n) is 12.0. The molecule has 2 N–H and O–H groups in total. The first kappa shape index (κ1) is 13.8. The lowest BCUT2D eigenvalue weighted by molar-refractivity contribution is -0.191. The third-order valence-electron chi connectivity index (χ3n) is 4.91. The molecular formula is C14H27N3O2. The fourth-order valence-electron chi connectivity index (χ4n) is 3.71. The average Bonchev–Trinajstić information content (AvgIpc) is 2.74. The van der Waals surface area contributed by atoms with E-state index in [-0.39, 0.29) is 11.8 Å². The van der Waals surface area contributed by atoms with Gasteiger partial charge in [0.05, 0.1) is 13.2 Å². The number of nitrogens with zero attached hydrogens (tertiary/aromatic N) is 2. The summed E-state index contributed by atoms with van der Waals surface area (Å²) in [5.41, 5.74) is 6.38. The van der Waals surface area contributed by atoms with Crippen molar-refractivity contribution in [1.29, 1.82) is 0 Å². The summed E-state index contributed by atoms with van der Waals surface area (Å²) in [4.78, 5) is 4.98. The van der Waals surface area contributed by atoms with Gasteiger partial charge in [-0.2, -0.15) is 0 Å². The fourth-order valence-corrected chi connectivity index (χ4v) is 3.71. The lowest BCUT2D eigenvalue weighted by atomic mass is 9.85. The van der Waals surface area contributed by atoms with Crippen LogP contribution >= 0.6 is 0 Å². The van der Waals surface area contributed by atoms with Crippen LogP contribution < -0.4 is 5.73 Å². The predicted molar refractivity (Wildman–Crippen MR) is 73.9 cm³/mol. The monoisotopic (exact) mass is 269 g/mol. The van der Waals surface area contributed by atoms with Crippen molar-refractivity contribution >= 4 is 0 Å². The maximum atomic E-state index is 6.38. The summed E-state index contributed by atoms with van der Waals surface area (Å²) in [6, 6.07) is 0.681. The molecule has 2 saturated heterocycles. The van der Waals surface area contributed by atoms with Crippen molar-refractivity contribution < 1.29 is 9.47 Å². The van der Waals surface area contributed by atoms with Crippen molar-refractivity contribution in [3.05, 3.63) is 0 Å². The molecule has 0 aromatic rings. The number of hydrogen-bond acceptors (Lipinski definition) is 5. The van der Waals surface area contributed by atoms with Gasteiger partial charge in [0.2, 0.25) is 0 Å². The first-order valence-corrected chi connectivity index (χ1v) is 7.65. The smallest absolute Gasteiger partial charge is 0.170 e. The molecule has 0 aromatic heterocycles. The molecule has 0 amide bonds. The maximum absolute atomic E-state index is 6.38. The Balaban J connectivity index is 1.67. The normalized spacial score (nSPS) is 37.6. The van der Waals surface area contributed by atoms with Crippen LogP contribution in [0.1, 0.15) is 25.7 Å². The van der Waals surface area contributed by atoms with E-state index in [1.54, 1.807) is 0 Å². The highest BCUT2D eigenvalue weighted by Crippen LogP contribution is 2.37. The van der Waals surface area contributed by atoms with Gasteiger partial charge in [-0.25, -0.2) is 0 Å². The molecule has 5 nitrogen and oxygen atoms in total.